The zero-order valence-corrected chi connectivity index (χ0v) is 21.7. The summed E-state index contributed by atoms with van der Waals surface area (Å²) in [5, 5.41) is 6.49. The van der Waals surface area contributed by atoms with E-state index < -0.39 is 12.0 Å². The van der Waals surface area contributed by atoms with E-state index in [-0.39, 0.29) is 24.7 Å². The molecule has 10 heteroatoms. The van der Waals surface area contributed by atoms with Gasteiger partial charge in [-0.05, 0) is 51.8 Å². The van der Waals surface area contributed by atoms with Gasteiger partial charge in [-0.2, -0.15) is 0 Å². The fraction of sp³-hybridized carbons (Fsp3) is 0.560. The number of urea groups is 2. The number of hydrogen-bond donors (Lipinski definition) is 2. The van der Waals surface area contributed by atoms with Crippen molar-refractivity contribution in [2.24, 2.45) is 0 Å². The van der Waals surface area contributed by atoms with Crippen LogP contribution in [0.3, 0.4) is 0 Å². The highest BCUT2D eigenvalue weighted by atomic mass is 35.5. The number of halogens is 1. The number of ether oxygens (including phenoxy) is 1. The molecule has 192 valence electrons. The number of carbonyl (C=O) groups is 3. The van der Waals surface area contributed by atoms with E-state index in [1.807, 2.05) is 37.8 Å². The minimum atomic E-state index is -0.642. The SMILES string of the molecule is CCOC(=O)C1=C(CN2CCCN(C(=O)NC(C)C)CC2)N(CC)C(=O)N[C@H]1c1ccc(Cl)cc1. The van der Waals surface area contributed by atoms with E-state index in [4.69, 9.17) is 16.3 Å². The lowest BCUT2D eigenvalue weighted by Gasteiger charge is -2.38. The number of nitrogens with one attached hydrogen (secondary N) is 2. The van der Waals surface area contributed by atoms with E-state index in [1.165, 1.54) is 0 Å². The molecule has 9 nitrogen and oxygen atoms in total. The van der Waals surface area contributed by atoms with E-state index in [0.29, 0.717) is 49.0 Å². The van der Waals surface area contributed by atoms with Crippen molar-refractivity contribution < 1.29 is 19.1 Å². The zero-order chi connectivity index (χ0) is 25.5. The van der Waals surface area contributed by atoms with Crippen LogP contribution in [0.15, 0.2) is 35.5 Å². The second-order valence-electron chi connectivity index (χ2n) is 8.98. The first-order valence-electron chi connectivity index (χ1n) is 12.3. The van der Waals surface area contributed by atoms with Gasteiger partial charge in [0.25, 0.3) is 0 Å². The molecule has 1 aromatic carbocycles. The largest absolute Gasteiger partial charge is 0.463 e. The van der Waals surface area contributed by atoms with Gasteiger partial charge in [-0.25, -0.2) is 14.4 Å². The Hall–Kier alpha value is -2.78. The first-order chi connectivity index (χ1) is 16.7. The Morgan fingerprint density at radius 3 is 2.49 bits per heavy atom. The number of amides is 4. The summed E-state index contributed by atoms with van der Waals surface area (Å²) in [5.74, 6) is -0.450. The summed E-state index contributed by atoms with van der Waals surface area (Å²) in [4.78, 5) is 44.4. The number of nitrogens with zero attached hydrogens (tertiary/aromatic N) is 3. The van der Waals surface area contributed by atoms with E-state index in [0.717, 1.165) is 18.5 Å². The summed E-state index contributed by atoms with van der Waals surface area (Å²) in [6.45, 7) is 11.2. The molecular formula is C25H36ClN5O4. The molecule has 0 aliphatic carbocycles. The third kappa shape index (κ3) is 6.67. The van der Waals surface area contributed by atoms with Crippen LogP contribution in [0, 0.1) is 0 Å². The van der Waals surface area contributed by atoms with Crippen molar-refractivity contribution in [1.82, 2.24) is 25.3 Å². The third-order valence-electron chi connectivity index (χ3n) is 6.11. The van der Waals surface area contributed by atoms with Crippen molar-refractivity contribution in [3.8, 4) is 0 Å². The molecule has 35 heavy (non-hydrogen) atoms. The summed E-state index contributed by atoms with van der Waals surface area (Å²) in [5.41, 5.74) is 1.82. The second kappa shape index (κ2) is 12.3. The van der Waals surface area contributed by atoms with Crippen molar-refractivity contribution >= 4 is 29.6 Å². The van der Waals surface area contributed by atoms with Gasteiger partial charge in [0.05, 0.1) is 18.2 Å². The summed E-state index contributed by atoms with van der Waals surface area (Å²) in [6, 6.07) is 6.20. The molecule has 0 unspecified atom stereocenters. The third-order valence-corrected chi connectivity index (χ3v) is 6.37. The molecule has 2 aliphatic heterocycles. The van der Waals surface area contributed by atoms with Gasteiger partial charge >= 0.3 is 18.0 Å². The Labute approximate surface area is 212 Å². The second-order valence-corrected chi connectivity index (χ2v) is 9.42. The summed E-state index contributed by atoms with van der Waals surface area (Å²) in [6.07, 6.45) is 0.798. The summed E-state index contributed by atoms with van der Waals surface area (Å²) < 4.78 is 5.43. The van der Waals surface area contributed by atoms with Crippen LogP contribution in [-0.2, 0) is 9.53 Å². The van der Waals surface area contributed by atoms with Crippen molar-refractivity contribution in [2.75, 3.05) is 45.9 Å². The van der Waals surface area contributed by atoms with Crippen LogP contribution in [0.5, 0.6) is 0 Å². The van der Waals surface area contributed by atoms with Crippen LogP contribution >= 0.6 is 11.6 Å². The van der Waals surface area contributed by atoms with Gasteiger partial charge in [0.15, 0.2) is 0 Å². The molecule has 0 saturated carbocycles. The maximum Gasteiger partial charge on any atom is 0.338 e. The fourth-order valence-electron chi connectivity index (χ4n) is 4.45. The molecule has 3 rings (SSSR count). The standard InChI is InChI=1S/C25H36ClN5O4/c1-5-31-20(16-29-12-7-13-30(15-14-29)24(33)27-17(3)4)21(23(32)35-6-2)22(28-25(31)34)18-8-10-19(26)11-9-18/h8-11,17,22H,5-7,12-16H2,1-4H3,(H,27,33)(H,28,34)/t22-/m0/s1. The molecule has 1 saturated heterocycles. The van der Waals surface area contributed by atoms with Crippen molar-refractivity contribution in [2.45, 2.75) is 46.2 Å². The Balaban J connectivity index is 1.92. The Morgan fingerprint density at radius 2 is 1.86 bits per heavy atom. The number of likely N-dealkylation sites (N-methyl/N-ethyl adjacent to an activating group) is 1. The lowest BCUT2D eigenvalue weighted by Crippen LogP contribution is -2.51. The normalized spacial score (nSPS) is 19.5. The molecule has 0 radical (unpaired) electrons. The van der Waals surface area contributed by atoms with Gasteiger partial charge in [0.2, 0.25) is 0 Å². The zero-order valence-electron chi connectivity index (χ0n) is 21.0. The Morgan fingerprint density at radius 1 is 1.14 bits per heavy atom. The fourth-order valence-corrected chi connectivity index (χ4v) is 4.57. The maximum absolute atomic E-state index is 13.2. The van der Waals surface area contributed by atoms with Crippen LogP contribution in [0.2, 0.25) is 5.02 Å². The van der Waals surface area contributed by atoms with Gasteiger partial charge in [0.1, 0.15) is 0 Å². The lowest BCUT2D eigenvalue weighted by molar-refractivity contribution is -0.139. The molecule has 0 spiro atoms. The molecule has 1 fully saturated rings. The number of hydrogen-bond acceptors (Lipinski definition) is 5. The van der Waals surface area contributed by atoms with Gasteiger partial charge in [-0.15, -0.1) is 0 Å². The summed E-state index contributed by atoms with van der Waals surface area (Å²) >= 11 is 6.07. The monoisotopic (exact) mass is 505 g/mol. The van der Waals surface area contributed by atoms with Crippen LogP contribution in [0.25, 0.3) is 0 Å². The summed E-state index contributed by atoms with van der Waals surface area (Å²) in [7, 11) is 0. The highest BCUT2D eigenvalue weighted by Crippen LogP contribution is 2.32. The van der Waals surface area contributed by atoms with Crippen LogP contribution < -0.4 is 10.6 Å². The van der Waals surface area contributed by atoms with Gasteiger partial charge in [-0.3, -0.25) is 9.80 Å². The van der Waals surface area contributed by atoms with Gasteiger partial charge in [0, 0.05) is 56.0 Å². The van der Waals surface area contributed by atoms with Gasteiger partial charge < -0.3 is 20.3 Å². The predicted molar refractivity (Wildman–Crippen MR) is 135 cm³/mol. The first-order valence-corrected chi connectivity index (χ1v) is 12.6. The average molecular weight is 506 g/mol. The van der Waals surface area contributed by atoms with Crippen LogP contribution in [0.1, 0.15) is 45.7 Å². The predicted octanol–water partition coefficient (Wildman–Crippen LogP) is 3.37. The van der Waals surface area contributed by atoms with E-state index >= 15 is 0 Å². The van der Waals surface area contributed by atoms with Crippen LogP contribution in [-0.4, -0.2) is 84.6 Å². The Bertz CT molecular complexity index is 950. The van der Waals surface area contributed by atoms with Crippen molar-refractivity contribution in [1.29, 1.82) is 0 Å². The topological polar surface area (TPSA) is 94.2 Å². The van der Waals surface area contributed by atoms with E-state index in [1.54, 1.807) is 24.0 Å². The maximum atomic E-state index is 13.2. The minimum Gasteiger partial charge on any atom is -0.463 e. The van der Waals surface area contributed by atoms with Crippen LogP contribution in [0.4, 0.5) is 9.59 Å². The van der Waals surface area contributed by atoms with Crippen molar-refractivity contribution in [3.05, 3.63) is 46.1 Å². The molecule has 2 heterocycles. The smallest absolute Gasteiger partial charge is 0.338 e. The van der Waals surface area contributed by atoms with Crippen molar-refractivity contribution in [3.63, 3.8) is 0 Å². The molecule has 1 aromatic rings. The molecular weight excluding hydrogens is 470 g/mol. The molecule has 2 aliphatic rings. The molecule has 0 bridgehead atoms. The van der Waals surface area contributed by atoms with E-state index in [9.17, 15) is 14.4 Å². The highest BCUT2D eigenvalue weighted by Gasteiger charge is 2.38. The number of esters is 1. The average Bonchev–Trinajstić information content (AvgIpc) is 3.05. The number of rotatable bonds is 7. The molecule has 2 N–H and O–H groups in total. The quantitative estimate of drug-likeness (QED) is 0.554. The molecule has 1 atom stereocenters. The highest BCUT2D eigenvalue weighted by molar-refractivity contribution is 6.30. The number of benzene rings is 1. The minimum absolute atomic E-state index is 0.0664. The van der Waals surface area contributed by atoms with Gasteiger partial charge in [-0.1, -0.05) is 23.7 Å². The molecule has 4 amide bonds. The first kappa shape index (κ1) is 26.8. The van der Waals surface area contributed by atoms with E-state index in [2.05, 4.69) is 15.5 Å². The number of carbonyl (C=O) groups excluding carboxylic acids is 3. The lowest BCUT2D eigenvalue weighted by atomic mass is 9.94. The molecule has 0 aromatic heterocycles. The Kier molecular flexibility index (Phi) is 9.40.